The van der Waals surface area contributed by atoms with Gasteiger partial charge in [0, 0.05) is 11.4 Å². The molecule has 1 N–H and O–H groups in total. The number of likely N-dealkylation sites (N-methyl/N-ethyl adjacent to an activating group) is 1. The molecule has 0 bridgehead atoms. The number of halogens is 2. The Hall–Kier alpha value is -1.86. The predicted octanol–water partition coefficient (Wildman–Crippen LogP) is 3.07. The molecule has 7 heteroatoms. The van der Waals surface area contributed by atoms with Crippen molar-refractivity contribution in [2.75, 3.05) is 26.4 Å². The molecule has 0 aliphatic rings. The lowest BCUT2D eigenvalue weighted by Crippen LogP contribution is -2.35. The molecule has 1 aromatic heterocycles. The Bertz CT molecular complexity index is 648. The largest absolute Gasteiger partial charge is 0.468 e. The molecule has 0 aliphatic heterocycles. The van der Waals surface area contributed by atoms with Crippen molar-refractivity contribution in [2.24, 2.45) is 0 Å². The van der Waals surface area contributed by atoms with Gasteiger partial charge in [0.25, 0.3) is 0 Å². The van der Waals surface area contributed by atoms with E-state index in [2.05, 4.69) is 5.32 Å². The molecule has 124 valence electrons. The van der Waals surface area contributed by atoms with Gasteiger partial charge in [-0.1, -0.05) is 0 Å². The molecule has 1 amide bonds. The lowest BCUT2D eigenvalue weighted by atomic mass is 10.2. The number of carbonyl (C=O) groups is 1. The lowest BCUT2D eigenvalue weighted by molar-refractivity contribution is -0.118. The van der Waals surface area contributed by atoms with Crippen LogP contribution in [0.4, 0.5) is 8.78 Å². The first-order valence-corrected chi connectivity index (χ1v) is 8.00. The average molecular weight is 340 g/mol. The number of thioether (sulfide) groups is 1. The van der Waals surface area contributed by atoms with E-state index in [0.29, 0.717) is 11.4 Å². The van der Waals surface area contributed by atoms with Gasteiger partial charge >= 0.3 is 0 Å². The van der Waals surface area contributed by atoms with E-state index in [-0.39, 0.29) is 17.7 Å². The quantitative estimate of drug-likeness (QED) is 0.787. The Labute approximate surface area is 137 Å². The molecule has 1 aromatic carbocycles. The van der Waals surface area contributed by atoms with Gasteiger partial charge in [-0.25, -0.2) is 8.78 Å². The Morgan fingerprint density at radius 3 is 2.70 bits per heavy atom. The van der Waals surface area contributed by atoms with E-state index >= 15 is 0 Å². The van der Waals surface area contributed by atoms with Crippen LogP contribution in [-0.2, 0) is 4.79 Å². The van der Waals surface area contributed by atoms with Gasteiger partial charge in [0.2, 0.25) is 5.91 Å². The summed E-state index contributed by atoms with van der Waals surface area (Å²) < 4.78 is 31.3. The highest BCUT2D eigenvalue weighted by molar-refractivity contribution is 8.00. The van der Waals surface area contributed by atoms with Gasteiger partial charge < -0.3 is 9.73 Å². The second-order valence-corrected chi connectivity index (χ2v) is 6.21. The van der Waals surface area contributed by atoms with Crippen molar-refractivity contribution in [3.63, 3.8) is 0 Å². The number of nitrogens with one attached hydrogen (secondary N) is 1. The van der Waals surface area contributed by atoms with Crippen LogP contribution < -0.4 is 5.32 Å². The predicted molar refractivity (Wildman–Crippen MR) is 85.2 cm³/mol. The number of furan rings is 1. The van der Waals surface area contributed by atoms with Crippen LogP contribution in [0.2, 0.25) is 0 Å². The number of rotatable bonds is 7. The van der Waals surface area contributed by atoms with E-state index in [1.165, 1.54) is 6.07 Å². The van der Waals surface area contributed by atoms with Crippen molar-refractivity contribution in [1.29, 1.82) is 0 Å². The zero-order chi connectivity index (χ0) is 16.8. The van der Waals surface area contributed by atoms with Crippen molar-refractivity contribution in [2.45, 2.75) is 10.9 Å². The Balaban J connectivity index is 1.83. The minimum absolute atomic E-state index is 0.0674. The minimum atomic E-state index is -0.916. The summed E-state index contributed by atoms with van der Waals surface area (Å²) in [6.45, 7) is 0.400. The molecule has 1 unspecified atom stereocenters. The smallest absolute Gasteiger partial charge is 0.230 e. The Morgan fingerprint density at radius 2 is 2.09 bits per heavy atom. The topological polar surface area (TPSA) is 45.5 Å². The summed E-state index contributed by atoms with van der Waals surface area (Å²) in [7, 11) is 3.80. The molecule has 0 saturated heterocycles. The number of hydrogen-bond donors (Lipinski definition) is 1. The number of amides is 1. The zero-order valence-electron chi connectivity index (χ0n) is 12.9. The molecule has 4 nitrogen and oxygen atoms in total. The van der Waals surface area contributed by atoms with Gasteiger partial charge in [-0.15, -0.1) is 11.8 Å². The lowest BCUT2D eigenvalue weighted by Gasteiger charge is -2.22. The number of carbonyl (C=O) groups excluding carboxylic acids is 1. The van der Waals surface area contributed by atoms with E-state index < -0.39 is 11.6 Å². The van der Waals surface area contributed by atoms with E-state index in [4.69, 9.17) is 4.42 Å². The fraction of sp³-hybridized carbons (Fsp3) is 0.312. The number of nitrogens with zero attached hydrogens (tertiary/aromatic N) is 1. The summed E-state index contributed by atoms with van der Waals surface area (Å²) in [6.07, 6.45) is 1.59. The molecule has 1 heterocycles. The van der Waals surface area contributed by atoms with Gasteiger partial charge in [0.15, 0.2) is 11.6 Å². The number of benzene rings is 1. The molecule has 2 rings (SSSR count). The van der Waals surface area contributed by atoms with Gasteiger partial charge in [-0.2, -0.15) is 0 Å². The molecule has 0 aliphatic carbocycles. The molecular weight excluding hydrogens is 322 g/mol. The standard InChI is InChI=1S/C16H18F2N2O2S/c1-20(2)14(15-4-3-7-22-15)9-19-16(21)10-23-11-5-6-12(17)13(18)8-11/h3-8,14H,9-10H2,1-2H3,(H,19,21). The van der Waals surface area contributed by atoms with Gasteiger partial charge in [0.1, 0.15) is 5.76 Å². The second-order valence-electron chi connectivity index (χ2n) is 5.16. The molecule has 1 atom stereocenters. The van der Waals surface area contributed by atoms with Gasteiger partial charge in [-0.3, -0.25) is 9.69 Å². The molecular formula is C16H18F2N2O2S. The van der Waals surface area contributed by atoms with E-state index in [1.807, 2.05) is 25.1 Å². The van der Waals surface area contributed by atoms with E-state index in [9.17, 15) is 13.6 Å². The number of hydrogen-bond acceptors (Lipinski definition) is 4. The van der Waals surface area contributed by atoms with Crippen LogP contribution in [0.15, 0.2) is 45.9 Å². The Morgan fingerprint density at radius 1 is 1.30 bits per heavy atom. The van der Waals surface area contributed by atoms with Crippen molar-refractivity contribution >= 4 is 17.7 Å². The highest BCUT2D eigenvalue weighted by Gasteiger charge is 2.17. The molecule has 0 spiro atoms. The second kappa shape index (κ2) is 8.12. The summed E-state index contributed by atoms with van der Waals surface area (Å²) in [5.74, 6) is -1.10. The van der Waals surface area contributed by atoms with Crippen molar-refractivity contribution in [3.05, 3.63) is 54.0 Å². The fourth-order valence-electron chi connectivity index (χ4n) is 2.00. The summed E-state index contributed by atoms with van der Waals surface area (Å²) in [4.78, 5) is 14.4. The minimum Gasteiger partial charge on any atom is -0.468 e. The third-order valence-corrected chi connectivity index (χ3v) is 4.24. The van der Waals surface area contributed by atoms with Crippen LogP contribution in [0.25, 0.3) is 0 Å². The van der Waals surface area contributed by atoms with E-state index in [0.717, 1.165) is 29.7 Å². The van der Waals surface area contributed by atoms with Crippen LogP contribution in [0, 0.1) is 11.6 Å². The highest BCUT2D eigenvalue weighted by Crippen LogP contribution is 2.21. The SMILES string of the molecule is CN(C)C(CNC(=O)CSc1ccc(F)c(F)c1)c1ccco1. The molecule has 0 saturated carbocycles. The summed E-state index contributed by atoms with van der Waals surface area (Å²) in [5, 5.41) is 2.82. The van der Waals surface area contributed by atoms with Crippen molar-refractivity contribution in [3.8, 4) is 0 Å². The fourth-order valence-corrected chi connectivity index (χ4v) is 2.75. The normalized spacial score (nSPS) is 12.4. The third kappa shape index (κ3) is 5.07. The first kappa shape index (κ1) is 17.5. The van der Waals surface area contributed by atoms with Crippen LogP contribution in [0.5, 0.6) is 0 Å². The third-order valence-electron chi connectivity index (χ3n) is 3.25. The molecule has 23 heavy (non-hydrogen) atoms. The maximum Gasteiger partial charge on any atom is 0.230 e. The van der Waals surface area contributed by atoms with Crippen LogP contribution in [0.3, 0.4) is 0 Å². The van der Waals surface area contributed by atoms with Crippen LogP contribution in [-0.4, -0.2) is 37.2 Å². The maximum absolute atomic E-state index is 13.1. The maximum atomic E-state index is 13.1. The Kier molecular flexibility index (Phi) is 6.18. The summed E-state index contributed by atoms with van der Waals surface area (Å²) >= 11 is 1.15. The van der Waals surface area contributed by atoms with E-state index in [1.54, 1.807) is 12.3 Å². The monoisotopic (exact) mass is 340 g/mol. The zero-order valence-corrected chi connectivity index (χ0v) is 13.7. The van der Waals surface area contributed by atoms with Crippen molar-refractivity contribution in [1.82, 2.24) is 10.2 Å². The molecule has 2 aromatic rings. The van der Waals surface area contributed by atoms with Gasteiger partial charge in [-0.05, 0) is 44.4 Å². The average Bonchev–Trinajstić information content (AvgIpc) is 3.02. The first-order valence-electron chi connectivity index (χ1n) is 7.01. The molecule has 0 fully saturated rings. The highest BCUT2D eigenvalue weighted by atomic mass is 32.2. The summed E-state index contributed by atoms with van der Waals surface area (Å²) in [6, 6.07) is 7.16. The summed E-state index contributed by atoms with van der Waals surface area (Å²) in [5.41, 5.74) is 0. The van der Waals surface area contributed by atoms with Crippen LogP contribution >= 0.6 is 11.8 Å². The van der Waals surface area contributed by atoms with Crippen LogP contribution in [0.1, 0.15) is 11.8 Å². The first-order chi connectivity index (χ1) is 11.0. The van der Waals surface area contributed by atoms with Crippen molar-refractivity contribution < 1.29 is 18.0 Å². The van der Waals surface area contributed by atoms with Gasteiger partial charge in [0.05, 0.1) is 18.1 Å². The molecule has 0 radical (unpaired) electrons.